The van der Waals surface area contributed by atoms with E-state index in [1.807, 2.05) is 30.3 Å². The lowest BCUT2D eigenvalue weighted by Gasteiger charge is -2.25. The van der Waals surface area contributed by atoms with Gasteiger partial charge in [-0.3, -0.25) is 9.59 Å². The minimum absolute atomic E-state index is 0.00795. The lowest BCUT2D eigenvalue weighted by molar-refractivity contribution is -0.907. The standard InChI is InChI=1S/C25H24N2O2S/c28-22(16-27-14-13-17-7-4-5-10-19(17)15-27)26-25-23(20-11-6-12-21(20)30-25)24(29)18-8-2-1-3-9-18/h1-5,7-10H,6,11-16H2,(H,26,28)/p+1. The van der Waals surface area contributed by atoms with Crippen LogP contribution < -0.4 is 10.2 Å². The molecule has 0 fully saturated rings. The Morgan fingerprint density at radius 3 is 2.53 bits per heavy atom. The Balaban J connectivity index is 1.34. The average molecular weight is 418 g/mol. The van der Waals surface area contributed by atoms with Crippen molar-refractivity contribution in [3.8, 4) is 0 Å². The molecule has 1 aliphatic heterocycles. The molecule has 2 heterocycles. The smallest absolute Gasteiger partial charge is 0.280 e. The van der Waals surface area contributed by atoms with Gasteiger partial charge in [-0.25, -0.2) is 0 Å². The highest BCUT2D eigenvalue weighted by Gasteiger charge is 2.29. The molecule has 152 valence electrons. The fourth-order valence-electron chi connectivity index (χ4n) is 4.66. The van der Waals surface area contributed by atoms with Gasteiger partial charge in [-0.15, -0.1) is 11.3 Å². The number of quaternary nitrogens is 1. The van der Waals surface area contributed by atoms with Crippen molar-refractivity contribution in [1.29, 1.82) is 0 Å². The van der Waals surface area contributed by atoms with E-state index in [9.17, 15) is 9.59 Å². The molecule has 1 aliphatic carbocycles. The molecule has 0 saturated carbocycles. The summed E-state index contributed by atoms with van der Waals surface area (Å²) in [4.78, 5) is 28.7. The molecule has 0 spiro atoms. The van der Waals surface area contributed by atoms with Crippen LogP contribution in [0.1, 0.15) is 43.9 Å². The van der Waals surface area contributed by atoms with Crippen LogP contribution in [0.5, 0.6) is 0 Å². The van der Waals surface area contributed by atoms with Gasteiger partial charge in [0.25, 0.3) is 5.91 Å². The molecule has 0 saturated heterocycles. The van der Waals surface area contributed by atoms with E-state index in [0.29, 0.717) is 17.7 Å². The van der Waals surface area contributed by atoms with Crippen LogP contribution in [-0.4, -0.2) is 24.8 Å². The van der Waals surface area contributed by atoms with Crippen LogP contribution in [0.15, 0.2) is 54.6 Å². The Labute approximate surface area is 180 Å². The summed E-state index contributed by atoms with van der Waals surface area (Å²) in [6, 6.07) is 17.9. The zero-order valence-corrected chi connectivity index (χ0v) is 17.7. The van der Waals surface area contributed by atoms with Gasteiger partial charge in [-0.05, 0) is 30.4 Å². The Morgan fingerprint density at radius 1 is 0.933 bits per heavy atom. The van der Waals surface area contributed by atoms with Crippen LogP contribution in [0.4, 0.5) is 5.00 Å². The first-order valence-electron chi connectivity index (χ1n) is 10.6. The van der Waals surface area contributed by atoms with Gasteiger partial charge in [-0.1, -0.05) is 54.6 Å². The number of nitrogens with one attached hydrogen (secondary N) is 2. The average Bonchev–Trinajstić information content (AvgIpc) is 3.34. The van der Waals surface area contributed by atoms with E-state index in [2.05, 4.69) is 29.6 Å². The van der Waals surface area contributed by atoms with E-state index >= 15 is 0 Å². The Kier molecular flexibility index (Phi) is 5.23. The normalized spacial score (nSPS) is 17.3. The second-order valence-electron chi connectivity index (χ2n) is 8.18. The Morgan fingerprint density at radius 2 is 1.70 bits per heavy atom. The topological polar surface area (TPSA) is 50.6 Å². The molecule has 1 amide bonds. The van der Waals surface area contributed by atoms with Gasteiger partial charge in [0.1, 0.15) is 11.5 Å². The number of rotatable bonds is 5. The number of amides is 1. The maximum atomic E-state index is 13.2. The first-order valence-corrected chi connectivity index (χ1v) is 11.4. The van der Waals surface area contributed by atoms with Crippen molar-refractivity contribution in [3.63, 3.8) is 0 Å². The zero-order valence-electron chi connectivity index (χ0n) is 16.9. The number of fused-ring (bicyclic) bond motifs is 2. The van der Waals surface area contributed by atoms with Crippen LogP contribution in [0, 0.1) is 0 Å². The molecular formula is C25H25N2O2S+. The molecule has 30 heavy (non-hydrogen) atoms. The highest BCUT2D eigenvalue weighted by atomic mass is 32.1. The molecule has 0 radical (unpaired) electrons. The summed E-state index contributed by atoms with van der Waals surface area (Å²) in [5.74, 6) is 0.0102. The number of ketones is 1. The second kappa shape index (κ2) is 8.17. The maximum absolute atomic E-state index is 13.2. The van der Waals surface area contributed by atoms with Crippen molar-refractivity contribution in [2.75, 3.05) is 18.4 Å². The summed E-state index contributed by atoms with van der Waals surface area (Å²) >= 11 is 1.59. The van der Waals surface area contributed by atoms with Gasteiger partial charge in [0, 0.05) is 22.4 Å². The Bertz CT molecular complexity index is 1100. The Hall–Kier alpha value is -2.76. The number of aryl methyl sites for hydroxylation is 1. The fraction of sp³-hybridized carbons (Fsp3) is 0.280. The van der Waals surface area contributed by atoms with Crippen molar-refractivity contribution in [1.82, 2.24) is 0 Å². The van der Waals surface area contributed by atoms with Crippen molar-refractivity contribution < 1.29 is 14.5 Å². The van der Waals surface area contributed by atoms with Crippen molar-refractivity contribution >= 4 is 28.0 Å². The molecular weight excluding hydrogens is 392 g/mol. The van der Waals surface area contributed by atoms with Gasteiger partial charge < -0.3 is 10.2 Å². The van der Waals surface area contributed by atoms with E-state index < -0.39 is 0 Å². The van der Waals surface area contributed by atoms with Crippen LogP contribution in [0.3, 0.4) is 0 Å². The van der Waals surface area contributed by atoms with Gasteiger partial charge in [0.05, 0.1) is 12.1 Å². The van der Waals surface area contributed by atoms with E-state index in [-0.39, 0.29) is 11.7 Å². The quantitative estimate of drug-likeness (QED) is 0.627. The summed E-state index contributed by atoms with van der Waals surface area (Å²) < 4.78 is 0. The van der Waals surface area contributed by atoms with Crippen LogP contribution >= 0.6 is 11.3 Å². The van der Waals surface area contributed by atoms with Crippen molar-refractivity contribution in [2.45, 2.75) is 32.2 Å². The molecule has 4 nitrogen and oxygen atoms in total. The number of hydrogen-bond acceptors (Lipinski definition) is 3. The summed E-state index contributed by atoms with van der Waals surface area (Å²) in [6.07, 6.45) is 4.01. The van der Waals surface area contributed by atoms with E-state index in [0.717, 1.165) is 49.3 Å². The molecule has 2 aliphatic rings. The first-order chi connectivity index (χ1) is 14.7. The number of carbonyl (C=O) groups excluding carboxylic acids is 2. The van der Waals surface area contributed by atoms with Crippen LogP contribution in [0.25, 0.3) is 0 Å². The molecule has 3 aromatic rings. The number of thiophene rings is 1. The number of anilines is 1. The summed E-state index contributed by atoms with van der Waals surface area (Å²) in [5.41, 5.74) is 5.27. The summed E-state index contributed by atoms with van der Waals surface area (Å²) in [7, 11) is 0. The highest BCUT2D eigenvalue weighted by molar-refractivity contribution is 7.17. The predicted molar refractivity (Wildman–Crippen MR) is 119 cm³/mol. The number of carbonyl (C=O) groups is 2. The first kappa shape index (κ1) is 19.2. The number of hydrogen-bond donors (Lipinski definition) is 2. The van der Waals surface area contributed by atoms with Gasteiger partial charge >= 0.3 is 0 Å². The number of benzene rings is 2. The third-order valence-corrected chi connectivity index (χ3v) is 7.36. The molecule has 2 aromatic carbocycles. The SMILES string of the molecule is O=C(C[NH+]1CCc2ccccc2C1)Nc1sc2c(c1C(=O)c1ccccc1)CCC2. The minimum atomic E-state index is -0.00795. The largest absolute Gasteiger partial charge is 0.323 e. The van der Waals surface area contributed by atoms with Crippen LogP contribution in [-0.2, 0) is 30.6 Å². The lowest BCUT2D eigenvalue weighted by atomic mass is 10.00. The lowest BCUT2D eigenvalue weighted by Crippen LogP contribution is -3.12. The maximum Gasteiger partial charge on any atom is 0.280 e. The summed E-state index contributed by atoms with van der Waals surface area (Å²) in [5, 5.41) is 3.83. The highest BCUT2D eigenvalue weighted by Crippen LogP contribution is 2.40. The second-order valence-corrected chi connectivity index (χ2v) is 9.28. The van der Waals surface area contributed by atoms with Gasteiger partial charge in [0.15, 0.2) is 12.3 Å². The van der Waals surface area contributed by atoms with E-state index in [1.54, 1.807) is 11.3 Å². The molecule has 5 heteroatoms. The summed E-state index contributed by atoms with van der Waals surface area (Å²) in [6.45, 7) is 2.26. The molecule has 1 atom stereocenters. The van der Waals surface area contributed by atoms with E-state index in [1.165, 1.54) is 20.9 Å². The minimum Gasteiger partial charge on any atom is -0.323 e. The van der Waals surface area contributed by atoms with Gasteiger partial charge in [-0.2, -0.15) is 0 Å². The van der Waals surface area contributed by atoms with Crippen molar-refractivity contribution in [3.05, 3.63) is 87.3 Å². The fourth-order valence-corrected chi connectivity index (χ4v) is 5.96. The van der Waals surface area contributed by atoms with Crippen LogP contribution in [0.2, 0.25) is 0 Å². The molecule has 5 rings (SSSR count). The predicted octanol–water partition coefficient (Wildman–Crippen LogP) is 3.05. The molecule has 0 bridgehead atoms. The third-order valence-electron chi connectivity index (χ3n) is 6.15. The zero-order chi connectivity index (χ0) is 20.5. The molecule has 1 aromatic heterocycles. The molecule has 2 N–H and O–H groups in total. The van der Waals surface area contributed by atoms with Crippen molar-refractivity contribution in [2.24, 2.45) is 0 Å². The van der Waals surface area contributed by atoms with E-state index in [4.69, 9.17) is 0 Å². The molecule has 1 unspecified atom stereocenters. The third kappa shape index (κ3) is 3.71. The van der Waals surface area contributed by atoms with Gasteiger partial charge in [0.2, 0.25) is 0 Å². The monoisotopic (exact) mass is 417 g/mol.